The Hall–Kier alpha value is -0.800. The average molecular weight is 219 g/mol. The monoisotopic (exact) mass is 219 g/mol. The van der Waals surface area contributed by atoms with E-state index in [1.54, 1.807) is 16.8 Å². The fourth-order valence-electron chi connectivity index (χ4n) is 3.30. The molecule has 0 saturated carbocycles. The standard InChI is InChI=1S/C13H21N3/c1-15-7-5-10-9-16-6-3-2-4-11(16)13(10)12(15)8-14/h9,12H,2-8,14H2,1H3. The zero-order chi connectivity index (χ0) is 11.1. The van der Waals surface area contributed by atoms with Crippen LogP contribution in [-0.2, 0) is 19.4 Å². The predicted octanol–water partition coefficient (Wildman–Crippen LogP) is 1.31. The normalized spacial score (nSPS) is 25.2. The molecule has 3 heterocycles. The SMILES string of the molecule is CN1CCc2cn3c(c2C1CN)CCCC3. The molecule has 2 N–H and O–H groups in total. The molecule has 0 radical (unpaired) electrons. The molecule has 16 heavy (non-hydrogen) atoms. The predicted molar refractivity (Wildman–Crippen MR) is 65.5 cm³/mol. The molecular formula is C13H21N3. The highest BCUT2D eigenvalue weighted by Gasteiger charge is 2.29. The molecule has 1 aromatic heterocycles. The maximum absolute atomic E-state index is 5.95. The molecule has 88 valence electrons. The van der Waals surface area contributed by atoms with Crippen LogP contribution in [-0.4, -0.2) is 29.6 Å². The zero-order valence-corrected chi connectivity index (χ0v) is 10.1. The first-order valence-corrected chi connectivity index (χ1v) is 6.42. The van der Waals surface area contributed by atoms with Crippen molar-refractivity contribution >= 4 is 0 Å². The van der Waals surface area contributed by atoms with Crippen molar-refractivity contribution in [1.82, 2.24) is 9.47 Å². The smallest absolute Gasteiger partial charge is 0.0488 e. The van der Waals surface area contributed by atoms with E-state index in [1.165, 1.54) is 32.2 Å². The molecule has 3 heteroatoms. The molecule has 1 atom stereocenters. The minimum Gasteiger partial charge on any atom is -0.351 e. The van der Waals surface area contributed by atoms with Crippen LogP contribution >= 0.6 is 0 Å². The first kappa shape index (κ1) is 10.4. The van der Waals surface area contributed by atoms with Crippen molar-refractivity contribution in [3.63, 3.8) is 0 Å². The highest BCUT2D eigenvalue weighted by Crippen LogP contribution is 2.34. The van der Waals surface area contributed by atoms with Gasteiger partial charge >= 0.3 is 0 Å². The van der Waals surface area contributed by atoms with Gasteiger partial charge in [-0.2, -0.15) is 0 Å². The maximum Gasteiger partial charge on any atom is 0.0488 e. The van der Waals surface area contributed by atoms with Crippen LogP contribution in [0, 0.1) is 0 Å². The molecule has 0 aromatic carbocycles. The summed E-state index contributed by atoms with van der Waals surface area (Å²) in [5.41, 5.74) is 10.6. The van der Waals surface area contributed by atoms with Crippen molar-refractivity contribution in [2.45, 2.75) is 38.3 Å². The number of hydrogen-bond donors (Lipinski definition) is 1. The molecule has 2 aliphatic heterocycles. The van der Waals surface area contributed by atoms with E-state index in [9.17, 15) is 0 Å². The Morgan fingerprint density at radius 3 is 3.00 bits per heavy atom. The van der Waals surface area contributed by atoms with Gasteiger partial charge < -0.3 is 10.3 Å². The van der Waals surface area contributed by atoms with E-state index in [1.807, 2.05) is 0 Å². The van der Waals surface area contributed by atoms with Crippen molar-refractivity contribution in [2.75, 3.05) is 20.1 Å². The Kier molecular flexibility index (Phi) is 2.52. The van der Waals surface area contributed by atoms with Crippen LogP contribution in [0.2, 0.25) is 0 Å². The lowest BCUT2D eigenvalue weighted by molar-refractivity contribution is 0.235. The number of aryl methyl sites for hydroxylation is 1. The fraction of sp³-hybridized carbons (Fsp3) is 0.692. The lowest BCUT2D eigenvalue weighted by Crippen LogP contribution is -2.36. The van der Waals surface area contributed by atoms with Gasteiger partial charge in [-0.3, -0.25) is 4.90 Å². The summed E-state index contributed by atoms with van der Waals surface area (Å²) < 4.78 is 2.48. The number of aromatic nitrogens is 1. The van der Waals surface area contributed by atoms with E-state index in [0.717, 1.165) is 13.1 Å². The van der Waals surface area contributed by atoms with E-state index in [-0.39, 0.29) is 0 Å². The van der Waals surface area contributed by atoms with E-state index in [4.69, 9.17) is 5.73 Å². The third-order valence-electron chi connectivity index (χ3n) is 4.20. The second-order valence-corrected chi connectivity index (χ2v) is 5.15. The van der Waals surface area contributed by atoms with Gasteiger partial charge in [-0.1, -0.05) is 0 Å². The lowest BCUT2D eigenvalue weighted by Gasteiger charge is -2.33. The topological polar surface area (TPSA) is 34.2 Å². The molecule has 0 fully saturated rings. The molecule has 0 bridgehead atoms. The van der Waals surface area contributed by atoms with E-state index < -0.39 is 0 Å². The first-order valence-electron chi connectivity index (χ1n) is 6.42. The highest BCUT2D eigenvalue weighted by molar-refractivity contribution is 5.38. The van der Waals surface area contributed by atoms with Gasteiger partial charge in [-0.25, -0.2) is 0 Å². The summed E-state index contributed by atoms with van der Waals surface area (Å²) in [6.45, 7) is 3.11. The number of hydrogen-bond acceptors (Lipinski definition) is 2. The van der Waals surface area contributed by atoms with Crippen molar-refractivity contribution in [3.8, 4) is 0 Å². The van der Waals surface area contributed by atoms with Crippen LogP contribution < -0.4 is 5.73 Å². The van der Waals surface area contributed by atoms with Crippen molar-refractivity contribution in [2.24, 2.45) is 5.73 Å². The number of nitrogens with zero attached hydrogens (tertiary/aromatic N) is 2. The molecule has 3 nitrogen and oxygen atoms in total. The summed E-state index contributed by atoms with van der Waals surface area (Å²) in [6.07, 6.45) is 7.52. The third kappa shape index (κ3) is 1.42. The molecular weight excluding hydrogens is 198 g/mol. The number of fused-ring (bicyclic) bond motifs is 3. The molecule has 0 amide bonds. The molecule has 1 aromatic rings. The average Bonchev–Trinajstić information content (AvgIpc) is 2.68. The van der Waals surface area contributed by atoms with Crippen LogP contribution in [0.15, 0.2) is 6.20 Å². The second kappa shape index (κ2) is 3.90. The summed E-state index contributed by atoms with van der Waals surface area (Å²) in [6, 6.07) is 0.457. The molecule has 2 aliphatic rings. The van der Waals surface area contributed by atoms with Crippen molar-refractivity contribution < 1.29 is 0 Å². The van der Waals surface area contributed by atoms with Gasteiger partial charge in [-0.15, -0.1) is 0 Å². The molecule has 0 spiro atoms. The van der Waals surface area contributed by atoms with Gasteiger partial charge in [0, 0.05) is 37.6 Å². The number of likely N-dealkylation sites (N-methyl/N-ethyl adjacent to an activating group) is 1. The summed E-state index contributed by atoms with van der Waals surface area (Å²) in [7, 11) is 2.20. The summed E-state index contributed by atoms with van der Waals surface area (Å²) in [5, 5.41) is 0. The van der Waals surface area contributed by atoms with Gasteiger partial charge in [0.15, 0.2) is 0 Å². The van der Waals surface area contributed by atoms with Crippen LogP contribution in [0.5, 0.6) is 0 Å². The molecule has 0 saturated heterocycles. The Morgan fingerprint density at radius 1 is 1.31 bits per heavy atom. The number of nitrogens with two attached hydrogens (primary N) is 1. The first-order chi connectivity index (χ1) is 7.81. The zero-order valence-electron chi connectivity index (χ0n) is 10.1. The lowest BCUT2D eigenvalue weighted by atomic mass is 9.93. The molecule has 0 aliphatic carbocycles. The van der Waals surface area contributed by atoms with E-state index in [0.29, 0.717) is 6.04 Å². The van der Waals surface area contributed by atoms with Crippen LogP contribution in [0.4, 0.5) is 0 Å². The maximum atomic E-state index is 5.95. The summed E-state index contributed by atoms with van der Waals surface area (Å²) in [4.78, 5) is 2.41. The van der Waals surface area contributed by atoms with Crippen molar-refractivity contribution in [3.05, 3.63) is 23.0 Å². The van der Waals surface area contributed by atoms with Crippen LogP contribution in [0.1, 0.15) is 35.7 Å². The van der Waals surface area contributed by atoms with Gasteiger partial charge in [0.25, 0.3) is 0 Å². The van der Waals surface area contributed by atoms with Gasteiger partial charge in [0.1, 0.15) is 0 Å². The molecule has 1 unspecified atom stereocenters. The van der Waals surface area contributed by atoms with Gasteiger partial charge in [0.05, 0.1) is 0 Å². The number of rotatable bonds is 1. The van der Waals surface area contributed by atoms with E-state index >= 15 is 0 Å². The van der Waals surface area contributed by atoms with Crippen LogP contribution in [0.25, 0.3) is 0 Å². The Balaban J connectivity index is 2.08. The molecule has 3 rings (SSSR count). The van der Waals surface area contributed by atoms with Gasteiger partial charge in [-0.05, 0) is 43.9 Å². The minimum absolute atomic E-state index is 0.457. The Morgan fingerprint density at radius 2 is 2.19 bits per heavy atom. The quantitative estimate of drug-likeness (QED) is 0.773. The Labute approximate surface area is 97.2 Å². The van der Waals surface area contributed by atoms with Crippen LogP contribution in [0.3, 0.4) is 0 Å². The fourth-order valence-corrected chi connectivity index (χ4v) is 3.30. The Bertz CT molecular complexity index is 394. The second-order valence-electron chi connectivity index (χ2n) is 5.15. The largest absolute Gasteiger partial charge is 0.351 e. The summed E-state index contributed by atoms with van der Waals surface area (Å²) in [5.74, 6) is 0. The minimum atomic E-state index is 0.457. The van der Waals surface area contributed by atoms with Gasteiger partial charge in [0.2, 0.25) is 0 Å². The van der Waals surface area contributed by atoms with Crippen molar-refractivity contribution in [1.29, 1.82) is 0 Å². The highest BCUT2D eigenvalue weighted by atomic mass is 15.2. The third-order valence-corrected chi connectivity index (χ3v) is 4.20. The summed E-state index contributed by atoms with van der Waals surface area (Å²) >= 11 is 0. The van der Waals surface area contributed by atoms with E-state index in [2.05, 4.69) is 22.7 Å².